The molecular weight excluding hydrogens is 84.1 g/mol. The van der Waals surface area contributed by atoms with Crippen LogP contribution in [0.3, 0.4) is 0 Å². The zero-order chi connectivity index (χ0) is 6.28. The van der Waals surface area contributed by atoms with E-state index in [1.165, 1.54) is 6.42 Å². The maximum Gasteiger partial charge on any atom is 1.00 e. The van der Waals surface area contributed by atoms with Gasteiger partial charge < -0.3 is 0 Å². The molecule has 0 unspecified atom stereocenters. The van der Waals surface area contributed by atoms with Gasteiger partial charge in [-0.3, -0.25) is 0 Å². The fraction of sp³-hybridized carbons (Fsp3) is 1.00. The highest BCUT2D eigenvalue weighted by Crippen LogP contribution is 1.81. The van der Waals surface area contributed by atoms with E-state index in [9.17, 15) is 0 Å². The van der Waals surface area contributed by atoms with E-state index < -0.39 is 0 Å². The first-order chi connectivity index (χ1) is 3.15. The fourth-order valence-corrected chi connectivity index (χ4v) is 0. The molecular formula is C7H19+. The summed E-state index contributed by atoms with van der Waals surface area (Å²) in [6.07, 6.45) is 1.25. The zero-order valence-corrected chi connectivity index (χ0v) is 6.28. The van der Waals surface area contributed by atoms with Crippen molar-refractivity contribution in [2.24, 2.45) is 5.92 Å². The molecule has 0 aromatic rings. The molecule has 0 rings (SSSR count). The van der Waals surface area contributed by atoms with Crippen molar-refractivity contribution in [1.82, 2.24) is 0 Å². The smallest absolute Gasteiger partial charge is 0.0656 e. The van der Waals surface area contributed by atoms with Crippen LogP contribution in [-0.2, 0) is 0 Å². The van der Waals surface area contributed by atoms with E-state index in [0.717, 1.165) is 5.92 Å². The third-order valence-electron chi connectivity index (χ3n) is 0. The lowest BCUT2D eigenvalue weighted by atomic mass is 10.3. The van der Waals surface area contributed by atoms with Gasteiger partial charge in [0.1, 0.15) is 0 Å². The van der Waals surface area contributed by atoms with Crippen molar-refractivity contribution in [3.63, 3.8) is 0 Å². The largest absolute Gasteiger partial charge is 1.00 e. The molecule has 46 valence electrons. The summed E-state index contributed by atoms with van der Waals surface area (Å²) in [6, 6.07) is 0. The van der Waals surface area contributed by atoms with E-state index >= 15 is 0 Å². The van der Waals surface area contributed by atoms with Gasteiger partial charge in [0.25, 0.3) is 0 Å². The van der Waals surface area contributed by atoms with Crippen LogP contribution in [0.15, 0.2) is 0 Å². The standard InChI is InChI=1S/C4H10.C3H8/c1-4(2)3;1-3-2/h4H,1-3H3;3H2,1-2H3/p+1. The topological polar surface area (TPSA) is 0 Å². The third kappa shape index (κ3) is 0. The molecule has 0 fully saturated rings. The highest BCUT2D eigenvalue weighted by molar-refractivity contribution is 4.20. The molecule has 0 N–H and O–H groups in total. The first kappa shape index (κ1) is 10.1. The van der Waals surface area contributed by atoms with Gasteiger partial charge in [0.05, 0.1) is 0 Å². The highest BCUT2D eigenvalue weighted by atomic mass is 13.7. The third-order valence-corrected chi connectivity index (χ3v) is 0. The lowest BCUT2D eigenvalue weighted by molar-refractivity contribution is 0.737. The molecule has 0 aromatic heterocycles. The van der Waals surface area contributed by atoms with Gasteiger partial charge in [0, 0.05) is 0 Å². The molecule has 0 radical (unpaired) electrons. The average molecular weight is 103 g/mol. The molecule has 0 aliphatic carbocycles. The molecule has 0 aromatic carbocycles. The van der Waals surface area contributed by atoms with E-state index in [0.29, 0.717) is 0 Å². The van der Waals surface area contributed by atoms with Crippen LogP contribution in [0, 0.1) is 5.92 Å². The summed E-state index contributed by atoms with van der Waals surface area (Å²) >= 11 is 0. The van der Waals surface area contributed by atoms with Crippen molar-refractivity contribution in [3.8, 4) is 0 Å². The maximum atomic E-state index is 2.17. The van der Waals surface area contributed by atoms with Crippen LogP contribution in [0.4, 0.5) is 0 Å². The molecule has 0 spiro atoms. The summed E-state index contributed by atoms with van der Waals surface area (Å²) in [5.41, 5.74) is 0. The van der Waals surface area contributed by atoms with E-state index in [1.54, 1.807) is 0 Å². The first-order valence-corrected chi connectivity index (χ1v) is 3.15. The van der Waals surface area contributed by atoms with E-state index in [1.807, 2.05) is 0 Å². The summed E-state index contributed by atoms with van der Waals surface area (Å²) in [6.45, 7) is 10.8. The Bertz CT molecular complexity index is 15.6. The summed E-state index contributed by atoms with van der Waals surface area (Å²) in [5.74, 6) is 0.833. The van der Waals surface area contributed by atoms with Crippen LogP contribution >= 0.6 is 0 Å². The van der Waals surface area contributed by atoms with Crippen molar-refractivity contribution in [2.45, 2.75) is 41.0 Å². The Hall–Kier alpha value is 0. The van der Waals surface area contributed by atoms with Crippen molar-refractivity contribution in [1.29, 1.82) is 0 Å². The minimum Gasteiger partial charge on any atom is -0.0656 e. The molecule has 0 aliphatic rings. The molecule has 0 heteroatoms. The molecule has 0 amide bonds. The monoisotopic (exact) mass is 103 g/mol. The van der Waals surface area contributed by atoms with Gasteiger partial charge in [0.15, 0.2) is 0 Å². The Kier molecular flexibility index (Phi) is 13.5. The Labute approximate surface area is 49.4 Å². The SMILES string of the molecule is CC(C)C.CCC.[H+]. The molecule has 0 atom stereocenters. The van der Waals surface area contributed by atoms with Gasteiger partial charge in [-0.25, -0.2) is 0 Å². The molecule has 0 saturated carbocycles. The minimum absolute atomic E-state index is 0. The number of hydrogen-bond acceptors (Lipinski definition) is 0. The second kappa shape index (κ2) is 9.38. The van der Waals surface area contributed by atoms with E-state index in [-0.39, 0.29) is 1.43 Å². The Morgan fingerprint density at radius 2 is 1.14 bits per heavy atom. The molecule has 0 aliphatic heterocycles. The lowest BCUT2D eigenvalue weighted by Crippen LogP contribution is -1.66. The van der Waals surface area contributed by atoms with Crippen molar-refractivity contribution in [2.75, 3.05) is 0 Å². The van der Waals surface area contributed by atoms with Crippen molar-refractivity contribution >= 4 is 0 Å². The van der Waals surface area contributed by atoms with Crippen molar-refractivity contribution in [3.05, 3.63) is 0 Å². The quantitative estimate of drug-likeness (QED) is 0.441. The predicted octanol–water partition coefficient (Wildman–Crippen LogP) is 3.19. The summed E-state index contributed by atoms with van der Waals surface area (Å²) in [4.78, 5) is 0. The summed E-state index contributed by atoms with van der Waals surface area (Å²) < 4.78 is 0. The van der Waals surface area contributed by atoms with Crippen LogP contribution < -0.4 is 0 Å². The Balaban J connectivity index is -0.0000000575. The maximum absolute atomic E-state index is 2.17. The van der Waals surface area contributed by atoms with Gasteiger partial charge >= 0.3 is 1.43 Å². The number of rotatable bonds is 0. The Morgan fingerprint density at radius 1 is 1.14 bits per heavy atom. The van der Waals surface area contributed by atoms with Gasteiger partial charge in [0.2, 0.25) is 0 Å². The van der Waals surface area contributed by atoms with Crippen LogP contribution in [0.1, 0.15) is 42.5 Å². The van der Waals surface area contributed by atoms with Crippen LogP contribution in [-0.4, -0.2) is 0 Å². The average Bonchev–Trinajstić information content (AvgIpc) is 1.33. The normalized spacial score (nSPS) is 7.71. The predicted molar refractivity (Wildman–Crippen MR) is 37.6 cm³/mol. The van der Waals surface area contributed by atoms with E-state index in [2.05, 4.69) is 34.6 Å². The van der Waals surface area contributed by atoms with E-state index in [4.69, 9.17) is 0 Å². The second-order valence-electron chi connectivity index (χ2n) is 2.44. The van der Waals surface area contributed by atoms with Crippen molar-refractivity contribution < 1.29 is 1.43 Å². The molecule has 7 heavy (non-hydrogen) atoms. The first-order valence-electron chi connectivity index (χ1n) is 3.15. The highest BCUT2D eigenvalue weighted by Gasteiger charge is 1.68. The minimum atomic E-state index is 0. The summed E-state index contributed by atoms with van der Waals surface area (Å²) in [5, 5.41) is 0. The van der Waals surface area contributed by atoms with Gasteiger partial charge in [-0.15, -0.1) is 0 Å². The van der Waals surface area contributed by atoms with Gasteiger partial charge in [-0.1, -0.05) is 41.0 Å². The van der Waals surface area contributed by atoms with Crippen LogP contribution in [0.25, 0.3) is 0 Å². The molecule has 0 heterocycles. The van der Waals surface area contributed by atoms with Crippen LogP contribution in [0.2, 0.25) is 0 Å². The fourth-order valence-electron chi connectivity index (χ4n) is 0. The molecule has 0 saturated heterocycles. The molecule has 0 nitrogen and oxygen atoms in total. The Morgan fingerprint density at radius 3 is 1.14 bits per heavy atom. The zero-order valence-electron chi connectivity index (χ0n) is 7.28. The van der Waals surface area contributed by atoms with Gasteiger partial charge in [-0.2, -0.15) is 0 Å². The second-order valence-corrected chi connectivity index (χ2v) is 2.44. The lowest BCUT2D eigenvalue weighted by Gasteiger charge is -1.79. The summed E-state index contributed by atoms with van der Waals surface area (Å²) in [7, 11) is 0. The van der Waals surface area contributed by atoms with Gasteiger partial charge in [-0.05, 0) is 5.92 Å². The number of hydrogen-bond donors (Lipinski definition) is 0. The molecule has 0 bridgehead atoms. The van der Waals surface area contributed by atoms with Crippen LogP contribution in [0.5, 0.6) is 0 Å².